The molecule has 31 heavy (non-hydrogen) atoms. The SMILES string of the molecule is COc1ccc(N2C(=O)[C@@H]3[C@@H](C2=O)[C@@H]2c4ccccc4C=CN2[C@@H]3C(N)=O)c(OC)c1. The lowest BCUT2D eigenvalue weighted by Crippen LogP contribution is -2.46. The fourth-order valence-electron chi connectivity index (χ4n) is 5.09. The molecule has 0 radical (unpaired) electrons. The molecule has 8 nitrogen and oxygen atoms in total. The molecule has 8 heteroatoms. The van der Waals surface area contributed by atoms with Crippen LogP contribution in [0, 0.1) is 11.8 Å². The molecule has 2 aromatic rings. The molecular formula is C23H21N3O5. The number of hydrogen-bond acceptors (Lipinski definition) is 6. The highest BCUT2D eigenvalue weighted by Gasteiger charge is 2.64. The first kappa shape index (κ1) is 19.2. The molecule has 5 rings (SSSR count). The van der Waals surface area contributed by atoms with Gasteiger partial charge in [0.1, 0.15) is 17.5 Å². The summed E-state index contributed by atoms with van der Waals surface area (Å²) < 4.78 is 10.6. The number of anilines is 1. The number of nitrogens with zero attached hydrogens (tertiary/aromatic N) is 2. The van der Waals surface area contributed by atoms with Gasteiger partial charge in [-0.05, 0) is 29.3 Å². The molecule has 4 atom stereocenters. The third-order valence-electron chi connectivity index (χ3n) is 6.38. The summed E-state index contributed by atoms with van der Waals surface area (Å²) in [6.07, 6.45) is 3.64. The van der Waals surface area contributed by atoms with E-state index in [1.165, 1.54) is 14.2 Å². The second-order valence-electron chi connectivity index (χ2n) is 7.79. The molecule has 0 bridgehead atoms. The van der Waals surface area contributed by atoms with Gasteiger partial charge in [-0.2, -0.15) is 0 Å². The van der Waals surface area contributed by atoms with Crippen LogP contribution < -0.4 is 20.1 Å². The van der Waals surface area contributed by atoms with E-state index in [1.54, 1.807) is 29.3 Å². The van der Waals surface area contributed by atoms with Gasteiger partial charge < -0.3 is 20.1 Å². The van der Waals surface area contributed by atoms with Crippen molar-refractivity contribution in [1.82, 2.24) is 4.90 Å². The number of hydrogen-bond donors (Lipinski definition) is 1. The Morgan fingerprint density at radius 3 is 2.45 bits per heavy atom. The number of fused-ring (bicyclic) bond motifs is 5. The summed E-state index contributed by atoms with van der Waals surface area (Å²) in [6, 6.07) is 11.2. The van der Waals surface area contributed by atoms with Crippen LogP contribution in [0.4, 0.5) is 5.69 Å². The topological polar surface area (TPSA) is 102 Å². The monoisotopic (exact) mass is 419 g/mol. The Morgan fingerprint density at radius 1 is 1.00 bits per heavy atom. The van der Waals surface area contributed by atoms with E-state index >= 15 is 0 Å². The van der Waals surface area contributed by atoms with Crippen LogP contribution in [-0.2, 0) is 14.4 Å². The molecule has 3 aliphatic rings. The molecule has 2 saturated heterocycles. The third kappa shape index (κ3) is 2.57. The standard InChI is InChI=1S/C23H21N3O5/c1-30-13-7-8-15(16(11-13)31-2)26-22(28)17-18(23(26)29)20(21(24)27)25-10-9-12-5-3-4-6-14(12)19(17)25/h3-11,17-20H,1-2H3,(H2,24,27)/t17-,18-,19+,20+/m1/s1. The zero-order valence-electron chi connectivity index (χ0n) is 17.0. The van der Waals surface area contributed by atoms with E-state index in [-0.39, 0.29) is 5.91 Å². The largest absolute Gasteiger partial charge is 0.497 e. The molecule has 2 N–H and O–H groups in total. The van der Waals surface area contributed by atoms with Crippen molar-refractivity contribution >= 4 is 29.5 Å². The predicted molar refractivity (Wildman–Crippen MR) is 112 cm³/mol. The van der Waals surface area contributed by atoms with Crippen molar-refractivity contribution in [2.45, 2.75) is 12.1 Å². The van der Waals surface area contributed by atoms with E-state index in [9.17, 15) is 14.4 Å². The Hall–Kier alpha value is -3.81. The number of rotatable bonds is 4. The predicted octanol–water partition coefficient (Wildman–Crippen LogP) is 1.70. The Morgan fingerprint density at radius 2 is 1.74 bits per heavy atom. The van der Waals surface area contributed by atoms with Crippen LogP contribution in [-0.4, -0.2) is 42.9 Å². The van der Waals surface area contributed by atoms with Crippen molar-refractivity contribution in [1.29, 1.82) is 0 Å². The van der Waals surface area contributed by atoms with Crippen LogP contribution in [0.5, 0.6) is 11.5 Å². The first-order chi connectivity index (χ1) is 15.0. The fourth-order valence-corrected chi connectivity index (χ4v) is 5.09. The Kier molecular flexibility index (Phi) is 4.25. The smallest absolute Gasteiger partial charge is 0.240 e. The van der Waals surface area contributed by atoms with Crippen LogP contribution in [0.3, 0.4) is 0 Å². The summed E-state index contributed by atoms with van der Waals surface area (Å²) in [5, 5.41) is 0. The van der Waals surface area contributed by atoms with Gasteiger partial charge in [0.05, 0.1) is 37.8 Å². The van der Waals surface area contributed by atoms with Gasteiger partial charge in [0, 0.05) is 12.3 Å². The highest BCUT2D eigenvalue weighted by molar-refractivity contribution is 6.24. The van der Waals surface area contributed by atoms with Crippen molar-refractivity contribution in [3.8, 4) is 11.5 Å². The summed E-state index contributed by atoms with van der Waals surface area (Å²) in [5.41, 5.74) is 7.90. The van der Waals surface area contributed by atoms with Crippen molar-refractivity contribution < 1.29 is 23.9 Å². The van der Waals surface area contributed by atoms with E-state index in [0.717, 1.165) is 16.0 Å². The maximum absolute atomic E-state index is 13.7. The van der Waals surface area contributed by atoms with Gasteiger partial charge in [-0.3, -0.25) is 14.4 Å². The third-order valence-corrected chi connectivity index (χ3v) is 6.38. The Labute approximate surface area is 178 Å². The maximum atomic E-state index is 13.7. The van der Waals surface area contributed by atoms with Crippen LogP contribution in [0.1, 0.15) is 17.2 Å². The summed E-state index contributed by atoms with van der Waals surface area (Å²) in [6.45, 7) is 0. The van der Waals surface area contributed by atoms with Crippen LogP contribution in [0.15, 0.2) is 48.7 Å². The second-order valence-corrected chi connectivity index (χ2v) is 7.79. The number of ether oxygens (including phenoxy) is 2. The minimum Gasteiger partial charge on any atom is -0.497 e. The van der Waals surface area contributed by atoms with Gasteiger partial charge in [-0.1, -0.05) is 24.3 Å². The molecule has 3 aliphatic heterocycles. The van der Waals surface area contributed by atoms with Crippen LogP contribution >= 0.6 is 0 Å². The van der Waals surface area contributed by atoms with E-state index in [2.05, 4.69) is 0 Å². The number of primary amides is 1. The zero-order chi connectivity index (χ0) is 21.9. The van der Waals surface area contributed by atoms with Crippen LogP contribution in [0.25, 0.3) is 6.08 Å². The number of methoxy groups -OCH3 is 2. The summed E-state index contributed by atoms with van der Waals surface area (Å²) in [4.78, 5) is 42.5. The maximum Gasteiger partial charge on any atom is 0.240 e. The molecule has 2 fully saturated rings. The first-order valence-electron chi connectivity index (χ1n) is 9.91. The highest BCUT2D eigenvalue weighted by Crippen LogP contribution is 2.53. The van der Waals surface area contributed by atoms with E-state index < -0.39 is 35.7 Å². The Bertz CT molecular complexity index is 1140. The molecule has 0 aliphatic carbocycles. The van der Waals surface area contributed by atoms with Gasteiger partial charge >= 0.3 is 0 Å². The molecule has 158 valence electrons. The second kappa shape index (κ2) is 6.87. The van der Waals surface area contributed by atoms with E-state index in [0.29, 0.717) is 17.2 Å². The lowest BCUT2D eigenvalue weighted by atomic mass is 9.84. The molecule has 0 aromatic heterocycles. The first-order valence-corrected chi connectivity index (χ1v) is 9.91. The number of imide groups is 1. The van der Waals surface area contributed by atoms with Gasteiger partial charge in [0.15, 0.2) is 0 Å². The van der Waals surface area contributed by atoms with Gasteiger partial charge in [-0.25, -0.2) is 4.90 Å². The average Bonchev–Trinajstić information content (AvgIpc) is 3.26. The lowest BCUT2D eigenvalue weighted by Gasteiger charge is -2.34. The van der Waals surface area contributed by atoms with Crippen molar-refractivity contribution in [3.63, 3.8) is 0 Å². The van der Waals surface area contributed by atoms with Gasteiger partial charge in [0.25, 0.3) is 0 Å². The lowest BCUT2D eigenvalue weighted by molar-refractivity contribution is -0.129. The average molecular weight is 419 g/mol. The van der Waals surface area contributed by atoms with Gasteiger partial charge in [0.2, 0.25) is 17.7 Å². The van der Waals surface area contributed by atoms with E-state index in [1.807, 2.05) is 30.3 Å². The summed E-state index contributed by atoms with van der Waals surface area (Å²) >= 11 is 0. The fraction of sp³-hybridized carbons (Fsp3) is 0.261. The zero-order valence-corrected chi connectivity index (χ0v) is 17.0. The number of nitrogens with two attached hydrogens (primary N) is 1. The number of carbonyl (C=O) groups is 3. The quantitative estimate of drug-likeness (QED) is 0.757. The molecule has 3 heterocycles. The Balaban J connectivity index is 1.64. The summed E-state index contributed by atoms with van der Waals surface area (Å²) in [5.74, 6) is -2.21. The summed E-state index contributed by atoms with van der Waals surface area (Å²) in [7, 11) is 2.98. The van der Waals surface area contributed by atoms with Crippen molar-refractivity contribution in [2.75, 3.05) is 19.1 Å². The number of benzene rings is 2. The minimum absolute atomic E-state index is 0.321. The molecule has 3 amide bonds. The van der Waals surface area contributed by atoms with Gasteiger partial charge in [-0.15, -0.1) is 0 Å². The number of amides is 3. The van der Waals surface area contributed by atoms with E-state index in [4.69, 9.17) is 15.2 Å². The minimum atomic E-state index is -0.912. The highest BCUT2D eigenvalue weighted by atomic mass is 16.5. The molecule has 0 spiro atoms. The van der Waals surface area contributed by atoms with Crippen LogP contribution in [0.2, 0.25) is 0 Å². The molecule has 0 unspecified atom stereocenters. The van der Waals surface area contributed by atoms with Crippen molar-refractivity contribution in [3.05, 3.63) is 59.8 Å². The van der Waals surface area contributed by atoms with Crippen molar-refractivity contribution in [2.24, 2.45) is 17.6 Å². The molecular weight excluding hydrogens is 398 g/mol. The normalized spacial score (nSPS) is 25.9. The molecule has 2 aromatic carbocycles. The molecule has 0 saturated carbocycles. The number of carbonyl (C=O) groups excluding carboxylic acids is 3.